The summed E-state index contributed by atoms with van der Waals surface area (Å²) in [4.78, 5) is 13.9. The maximum atomic E-state index is 11.9. The molecule has 0 bridgehead atoms. The third kappa shape index (κ3) is 3.83. The second-order valence-electron chi connectivity index (χ2n) is 5.87. The van der Waals surface area contributed by atoms with Crippen LogP contribution in [-0.4, -0.2) is 30.0 Å². The van der Waals surface area contributed by atoms with E-state index < -0.39 is 0 Å². The molecule has 1 atom stereocenters. The van der Waals surface area contributed by atoms with E-state index in [2.05, 4.69) is 19.1 Å². The topological polar surface area (TPSA) is 29.5 Å². The summed E-state index contributed by atoms with van der Waals surface area (Å²) in [6.07, 6.45) is 2.26. The fourth-order valence-electron chi connectivity index (χ4n) is 2.67. The van der Waals surface area contributed by atoms with Crippen LogP contribution in [0.25, 0.3) is 0 Å². The Hall–Kier alpha value is -1.35. The minimum atomic E-state index is 0.0933. The van der Waals surface area contributed by atoms with Crippen molar-refractivity contribution in [1.82, 2.24) is 4.90 Å². The Bertz CT molecular complexity index is 422. The van der Waals surface area contributed by atoms with Crippen molar-refractivity contribution in [2.75, 3.05) is 13.1 Å². The van der Waals surface area contributed by atoms with Gasteiger partial charge < -0.3 is 9.64 Å². The van der Waals surface area contributed by atoms with Crippen LogP contribution >= 0.6 is 0 Å². The summed E-state index contributed by atoms with van der Waals surface area (Å²) in [5.74, 6) is 0.357. The number of carbonyl (C=O) groups is 1. The molecule has 0 aliphatic carbocycles. The number of amides is 1. The highest BCUT2D eigenvalue weighted by Crippen LogP contribution is 2.23. The van der Waals surface area contributed by atoms with E-state index in [9.17, 15) is 4.79 Å². The zero-order chi connectivity index (χ0) is 14.5. The quantitative estimate of drug-likeness (QED) is 0.842. The van der Waals surface area contributed by atoms with Crippen LogP contribution in [0.1, 0.15) is 45.3 Å². The molecule has 0 N–H and O–H groups in total. The number of ether oxygens (including phenoxy) is 1. The minimum absolute atomic E-state index is 0.0933. The number of piperidine rings is 1. The van der Waals surface area contributed by atoms with Crippen LogP contribution in [0, 0.1) is 5.92 Å². The van der Waals surface area contributed by atoms with Gasteiger partial charge in [0.05, 0.1) is 12.2 Å². The number of nitrogens with zero attached hydrogens (tertiary/aromatic N) is 1. The average molecular weight is 275 g/mol. The van der Waals surface area contributed by atoms with Crippen LogP contribution < -0.4 is 0 Å². The van der Waals surface area contributed by atoms with Crippen LogP contribution in [0.5, 0.6) is 0 Å². The predicted molar refractivity (Wildman–Crippen MR) is 80.4 cm³/mol. The van der Waals surface area contributed by atoms with Crippen molar-refractivity contribution in [3.8, 4) is 0 Å². The lowest BCUT2D eigenvalue weighted by atomic mass is 10.0. The van der Waals surface area contributed by atoms with Gasteiger partial charge in [0.1, 0.15) is 0 Å². The molecule has 1 aliphatic rings. The Balaban J connectivity index is 1.81. The number of benzene rings is 1. The van der Waals surface area contributed by atoms with Crippen LogP contribution in [-0.2, 0) is 9.53 Å². The molecule has 1 heterocycles. The van der Waals surface area contributed by atoms with Crippen molar-refractivity contribution in [3.05, 3.63) is 35.9 Å². The first kappa shape index (κ1) is 15.0. The summed E-state index contributed by atoms with van der Waals surface area (Å²) in [5, 5.41) is 0. The number of hydrogen-bond acceptors (Lipinski definition) is 2. The first-order valence-corrected chi connectivity index (χ1v) is 7.57. The lowest BCUT2D eigenvalue weighted by Gasteiger charge is -2.34. The molecule has 0 aromatic heterocycles. The zero-order valence-electron chi connectivity index (χ0n) is 12.7. The zero-order valence-corrected chi connectivity index (χ0v) is 12.7. The third-order valence-electron chi connectivity index (χ3n) is 3.91. The van der Waals surface area contributed by atoms with E-state index in [-0.39, 0.29) is 24.0 Å². The largest absolute Gasteiger partial charge is 0.370 e. The SMILES string of the molecule is CC(C)C(=O)N1CCC(OC(C)c2ccccc2)CC1. The number of rotatable bonds is 4. The Morgan fingerprint density at radius 1 is 1.15 bits per heavy atom. The van der Waals surface area contributed by atoms with Gasteiger partial charge in [-0.1, -0.05) is 44.2 Å². The van der Waals surface area contributed by atoms with Crippen LogP contribution in [0.2, 0.25) is 0 Å². The molecule has 0 radical (unpaired) electrons. The van der Waals surface area contributed by atoms with Crippen LogP contribution in [0.3, 0.4) is 0 Å². The maximum absolute atomic E-state index is 11.9. The van der Waals surface area contributed by atoms with Gasteiger partial charge in [0.2, 0.25) is 5.91 Å². The molecule has 1 aliphatic heterocycles. The van der Waals surface area contributed by atoms with E-state index in [4.69, 9.17) is 4.74 Å². The summed E-state index contributed by atoms with van der Waals surface area (Å²) in [7, 11) is 0. The van der Waals surface area contributed by atoms with E-state index in [0.717, 1.165) is 25.9 Å². The summed E-state index contributed by atoms with van der Waals surface area (Å²) < 4.78 is 6.13. The van der Waals surface area contributed by atoms with E-state index in [1.807, 2.05) is 36.9 Å². The minimum Gasteiger partial charge on any atom is -0.370 e. The van der Waals surface area contributed by atoms with Gasteiger partial charge in [-0.15, -0.1) is 0 Å². The number of likely N-dealkylation sites (tertiary alicyclic amines) is 1. The van der Waals surface area contributed by atoms with Gasteiger partial charge in [-0.25, -0.2) is 0 Å². The lowest BCUT2D eigenvalue weighted by molar-refractivity contribution is -0.137. The first-order valence-electron chi connectivity index (χ1n) is 7.57. The van der Waals surface area contributed by atoms with E-state index in [0.29, 0.717) is 0 Å². The van der Waals surface area contributed by atoms with Crippen LogP contribution in [0.15, 0.2) is 30.3 Å². The predicted octanol–water partition coefficient (Wildman–Crippen LogP) is 3.41. The number of carbonyl (C=O) groups excluding carboxylic acids is 1. The standard InChI is InChI=1S/C17H25NO2/c1-13(2)17(19)18-11-9-16(10-12-18)20-14(3)15-7-5-4-6-8-15/h4-8,13-14,16H,9-12H2,1-3H3. The Labute approximate surface area is 121 Å². The van der Waals surface area contributed by atoms with Crippen molar-refractivity contribution < 1.29 is 9.53 Å². The van der Waals surface area contributed by atoms with Crippen LogP contribution in [0.4, 0.5) is 0 Å². The monoisotopic (exact) mass is 275 g/mol. The normalized spacial score (nSPS) is 18.3. The highest BCUT2D eigenvalue weighted by Gasteiger charge is 2.25. The maximum Gasteiger partial charge on any atom is 0.225 e. The Kier molecular flexibility index (Phi) is 5.18. The van der Waals surface area contributed by atoms with Gasteiger partial charge in [-0.2, -0.15) is 0 Å². The third-order valence-corrected chi connectivity index (χ3v) is 3.91. The van der Waals surface area contributed by atoms with Crippen molar-refractivity contribution in [2.24, 2.45) is 5.92 Å². The molecular formula is C17H25NO2. The van der Waals surface area contributed by atoms with Crippen molar-refractivity contribution in [2.45, 2.75) is 45.8 Å². The lowest BCUT2D eigenvalue weighted by Crippen LogP contribution is -2.42. The highest BCUT2D eigenvalue weighted by molar-refractivity contribution is 5.78. The van der Waals surface area contributed by atoms with E-state index in [1.54, 1.807) is 0 Å². The highest BCUT2D eigenvalue weighted by atomic mass is 16.5. The van der Waals surface area contributed by atoms with E-state index in [1.165, 1.54) is 5.56 Å². The molecule has 3 nitrogen and oxygen atoms in total. The van der Waals surface area contributed by atoms with Gasteiger partial charge in [0.15, 0.2) is 0 Å². The molecule has 20 heavy (non-hydrogen) atoms. The molecule has 0 spiro atoms. The summed E-state index contributed by atoms with van der Waals surface area (Å²) in [6.45, 7) is 7.66. The Morgan fingerprint density at radius 2 is 1.75 bits per heavy atom. The number of hydrogen-bond donors (Lipinski definition) is 0. The van der Waals surface area contributed by atoms with Gasteiger partial charge in [-0.3, -0.25) is 4.79 Å². The fraction of sp³-hybridized carbons (Fsp3) is 0.588. The Morgan fingerprint density at radius 3 is 2.30 bits per heavy atom. The fourth-order valence-corrected chi connectivity index (χ4v) is 2.67. The smallest absolute Gasteiger partial charge is 0.225 e. The van der Waals surface area contributed by atoms with Gasteiger partial charge in [0, 0.05) is 19.0 Å². The molecule has 2 rings (SSSR count). The molecule has 1 aromatic carbocycles. The molecular weight excluding hydrogens is 250 g/mol. The summed E-state index contributed by atoms with van der Waals surface area (Å²) >= 11 is 0. The van der Waals surface area contributed by atoms with Crippen molar-refractivity contribution >= 4 is 5.91 Å². The molecule has 1 saturated heterocycles. The first-order chi connectivity index (χ1) is 9.58. The molecule has 1 fully saturated rings. The second kappa shape index (κ2) is 6.89. The molecule has 1 aromatic rings. The van der Waals surface area contributed by atoms with Gasteiger partial charge >= 0.3 is 0 Å². The molecule has 3 heteroatoms. The second-order valence-corrected chi connectivity index (χ2v) is 5.87. The van der Waals surface area contributed by atoms with Gasteiger partial charge in [0.25, 0.3) is 0 Å². The van der Waals surface area contributed by atoms with Gasteiger partial charge in [-0.05, 0) is 25.3 Å². The molecule has 0 saturated carbocycles. The molecule has 1 unspecified atom stereocenters. The van der Waals surface area contributed by atoms with E-state index >= 15 is 0 Å². The molecule has 110 valence electrons. The summed E-state index contributed by atoms with van der Waals surface area (Å²) in [5.41, 5.74) is 1.22. The average Bonchev–Trinajstić information content (AvgIpc) is 2.48. The van der Waals surface area contributed by atoms with Crippen molar-refractivity contribution in [1.29, 1.82) is 0 Å². The van der Waals surface area contributed by atoms with Crippen molar-refractivity contribution in [3.63, 3.8) is 0 Å². The molecule has 1 amide bonds. The summed E-state index contributed by atoms with van der Waals surface area (Å²) in [6, 6.07) is 10.3.